The van der Waals surface area contributed by atoms with E-state index < -0.39 is 0 Å². The molecule has 0 bridgehead atoms. The van der Waals surface area contributed by atoms with Gasteiger partial charge in [0.05, 0.1) is 6.54 Å². The van der Waals surface area contributed by atoms with E-state index in [1.165, 1.54) is 15.4 Å². The lowest BCUT2D eigenvalue weighted by atomic mass is 10.3. The Hall–Kier alpha value is -1.32. The highest BCUT2D eigenvalue weighted by atomic mass is 32.1. The fraction of sp³-hybridized carbons (Fsp3) is 0.333. The van der Waals surface area contributed by atoms with Gasteiger partial charge in [0.15, 0.2) is 0 Å². The quantitative estimate of drug-likeness (QED) is 0.855. The lowest BCUT2D eigenvalue weighted by Crippen LogP contribution is -2.15. The first-order valence-corrected chi connectivity index (χ1v) is 7.15. The van der Waals surface area contributed by atoms with Gasteiger partial charge in [-0.15, -0.1) is 11.3 Å². The molecule has 18 heavy (non-hydrogen) atoms. The van der Waals surface area contributed by atoms with Gasteiger partial charge in [-0.2, -0.15) is 0 Å². The summed E-state index contributed by atoms with van der Waals surface area (Å²) in [7, 11) is 2.14. The molecule has 2 aromatic rings. The van der Waals surface area contributed by atoms with Crippen LogP contribution in [-0.4, -0.2) is 13.6 Å². The molecule has 1 heterocycles. The highest BCUT2D eigenvalue weighted by Crippen LogP contribution is 2.20. The molecule has 96 valence electrons. The summed E-state index contributed by atoms with van der Waals surface area (Å²) in [4.78, 5) is 5.10. The minimum atomic E-state index is 0.973. The second kappa shape index (κ2) is 6.57. The molecule has 0 unspecified atom stereocenters. The van der Waals surface area contributed by atoms with E-state index in [1.54, 1.807) is 0 Å². The number of hydrogen-bond acceptors (Lipinski definition) is 3. The maximum atomic E-state index is 3.36. The molecule has 2 rings (SSSR count). The van der Waals surface area contributed by atoms with Crippen LogP contribution < -0.4 is 10.2 Å². The van der Waals surface area contributed by atoms with Crippen LogP contribution in [0.3, 0.4) is 0 Å². The zero-order valence-electron chi connectivity index (χ0n) is 11.0. The van der Waals surface area contributed by atoms with Gasteiger partial charge in [-0.1, -0.05) is 25.1 Å². The van der Waals surface area contributed by atoms with Gasteiger partial charge in [-0.25, -0.2) is 0 Å². The SMILES string of the molecule is CCNCc1ccc(CN(C)c2ccccc2)s1. The van der Waals surface area contributed by atoms with Crippen molar-refractivity contribution in [1.29, 1.82) is 0 Å². The van der Waals surface area contributed by atoms with E-state index in [4.69, 9.17) is 0 Å². The Morgan fingerprint density at radius 2 is 1.78 bits per heavy atom. The van der Waals surface area contributed by atoms with Crippen molar-refractivity contribution in [3.63, 3.8) is 0 Å². The maximum Gasteiger partial charge on any atom is 0.0519 e. The first-order valence-electron chi connectivity index (χ1n) is 6.34. The highest BCUT2D eigenvalue weighted by molar-refractivity contribution is 7.12. The van der Waals surface area contributed by atoms with Crippen LogP contribution in [0.4, 0.5) is 5.69 Å². The monoisotopic (exact) mass is 260 g/mol. The number of thiophene rings is 1. The van der Waals surface area contributed by atoms with Crippen LogP contribution in [0, 0.1) is 0 Å². The van der Waals surface area contributed by atoms with E-state index in [-0.39, 0.29) is 0 Å². The van der Waals surface area contributed by atoms with Gasteiger partial charge in [0.2, 0.25) is 0 Å². The zero-order chi connectivity index (χ0) is 12.8. The summed E-state index contributed by atoms with van der Waals surface area (Å²) in [6, 6.07) is 15.0. The predicted molar refractivity (Wildman–Crippen MR) is 80.2 cm³/mol. The Kier molecular flexibility index (Phi) is 4.79. The topological polar surface area (TPSA) is 15.3 Å². The lowest BCUT2D eigenvalue weighted by Gasteiger charge is -2.18. The minimum Gasteiger partial charge on any atom is -0.369 e. The van der Waals surface area contributed by atoms with E-state index >= 15 is 0 Å². The number of hydrogen-bond donors (Lipinski definition) is 1. The van der Waals surface area contributed by atoms with Crippen molar-refractivity contribution in [1.82, 2.24) is 5.32 Å². The molecule has 0 radical (unpaired) electrons. The van der Waals surface area contributed by atoms with Gasteiger partial charge in [0, 0.05) is 29.0 Å². The fourth-order valence-electron chi connectivity index (χ4n) is 1.86. The van der Waals surface area contributed by atoms with Crippen molar-refractivity contribution in [2.24, 2.45) is 0 Å². The van der Waals surface area contributed by atoms with Crippen LogP contribution >= 0.6 is 11.3 Å². The van der Waals surface area contributed by atoms with Gasteiger partial charge in [-0.05, 0) is 30.8 Å². The molecule has 0 fully saturated rings. The van der Waals surface area contributed by atoms with E-state index in [1.807, 2.05) is 11.3 Å². The van der Waals surface area contributed by atoms with Gasteiger partial charge >= 0.3 is 0 Å². The van der Waals surface area contributed by atoms with Crippen molar-refractivity contribution >= 4 is 17.0 Å². The first kappa shape index (κ1) is 13.1. The molecule has 0 saturated heterocycles. The minimum absolute atomic E-state index is 0.973. The first-order chi connectivity index (χ1) is 8.79. The summed E-state index contributed by atoms with van der Waals surface area (Å²) in [6.07, 6.45) is 0. The number of benzene rings is 1. The standard InChI is InChI=1S/C15H20N2S/c1-3-16-11-14-9-10-15(18-14)12-17(2)13-7-5-4-6-8-13/h4-10,16H,3,11-12H2,1-2H3. The van der Waals surface area contributed by atoms with E-state index in [0.717, 1.165) is 19.6 Å². The Labute approximate surface area is 113 Å². The predicted octanol–water partition coefficient (Wildman–Crippen LogP) is 3.49. The maximum absolute atomic E-state index is 3.36. The van der Waals surface area contributed by atoms with Crippen molar-refractivity contribution in [3.05, 3.63) is 52.2 Å². The third-order valence-electron chi connectivity index (χ3n) is 2.86. The lowest BCUT2D eigenvalue weighted by molar-refractivity contribution is 0.735. The normalized spacial score (nSPS) is 10.6. The molecule has 0 atom stereocenters. The molecule has 0 aliphatic heterocycles. The van der Waals surface area contributed by atoms with Crippen LogP contribution in [0.5, 0.6) is 0 Å². The smallest absolute Gasteiger partial charge is 0.0519 e. The average Bonchev–Trinajstić information content (AvgIpc) is 2.85. The Morgan fingerprint density at radius 3 is 2.50 bits per heavy atom. The molecule has 3 heteroatoms. The summed E-state index contributed by atoms with van der Waals surface area (Å²) < 4.78 is 0. The molecular formula is C15H20N2S. The van der Waals surface area contributed by atoms with Gasteiger partial charge in [0.1, 0.15) is 0 Å². The Bertz CT molecular complexity index is 464. The number of nitrogens with zero attached hydrogens (tertiary/aromatic N) is 1. The van der Waals surface area contributed by atoms with Crippen LogP contribution in [0.15, 0.2) is 42.5 Å². The molecule has 1 aromatic heterocycles. The molecule has 1 aromatic carbocycles. The number of nitrogens with one attached hydrogen (secondary N) is 1. The fourth-order valence-corrected chi connectivity index (χ4v) is 2.90. The van der Waals surface area contributed by atoms with Gasteiger partial charge < -0.3 is 10.2 Å². The van der Waals surface area contributed by atoms with Crippen molar-refractivity contribution in [3.8, 4) is 0 Å². The molecule has 0 aliphatic rings. The second-order valence-corrected chi connectivity index (χ2v) is 5.59. The second-order valence-electron chi connectivity index (χ2n) is 4.34. The van der Waals surface area contributed by atoms with Gasteiger partial charge in [0.25, 0.3) is 0 Å². The summed E-state index contributed by atoms with van der Waals surface area (Å²) >= 11 is 1.89. The molecule has 0 amide bonds. The highest BCUT2D eigenvalue weighted by Gasteiger charge is 2.04. The molecule has 1 N–H and O–H groups in total. The van der Waals surface area contributed by atoms with Crippen LogP contribution in [0.25, 0.3) is 0 Å². The summed E-state index contributed by atoms with van der Waals surface area (Å²) in [5.41, 5.74) is 1.26. The largest absolute Gasteiger partial charge is 0.369 e. The van der Waals surface area contributed by atoms with Crippen LogP contribution in [0.2, 0.25) is 0 Å². The average molecular weight is 260 g/mol. The molecule has 0 spiro atoms. The molecular weight excluding hydrogens is 240 g/mol. The molecule has 0 aliphatic carbocycles. The van der Waals surface area contributed by atoms with Crippen LogP contribution in [-0.2, 0) is 13.1 Å². The van der Waals surface area contributed by atoms with Crippen LogP contribution in [0.1, 0.15) is 16.7 Å². The Morgan fingerprint density at radius 1 is 1.06 bits per heavy atom. The third-order valence-corrected chi connectivity index (χ3v) is 3.93. The number of para-hydroxylation sites is 1. The van der Waals surface area contributed by atoms with Crippen molar-refractivity contribution in [2.75, 3.05) is 18.5 Å². The summed E-state index contributed by atoms with van der Waals surface area (Å²) in [6.45, 7) is 5.12. The third kappa shape index (κ3) is 3.59. The van der Waals surface area contributed by atoms with Crippen molar-refractivity contribution < 1.29 is 0 Å². The van der Waals surface area contributed by atoms with E-state index in [2.05, 4.69) is 66.7 Å². The summed E-state index contributed by atoms with van der Waals surface area (Å²) in [5, 5.41) is 3.36. The summed E-state index contributed by atoms with van der Waals surface area (Å²) in [5.74, 6) is 0. The zero-order valence-corrected chi connectivity index (χ0v) is 11.8. The van der Waals surface area contributed by atoms with E-state index in [9.17, 15) is 0 Å². The van der Waals surface area contributed by atoms with Gasteiger partial charge in [-0.3, -0.25) is 0 Å². The molecule has 0 saturated carbocycles. The number of rotatable bonds is 6. The van der Waals surface area contributed by atoms with E-state index in [0.29, 0.717) is 0 Å². The Balaban J connectivity index is 1.95. The molecule has 2 nitrogen and oxygen atoms in total. The number of anilines is 1. The van der Waals surface area contributed by atoms with Crippen molar-refractivity contribution in [2.45, 2.75) is 20.0 Å².